The van der Waals surface area contributed by atoms with E-state index in [2.05, 4.69) is 40.5 Å². The molecule has 0 spiro atoms. The minimum Gasteiger partial charge on any atom is -0.486 e. The van der Waals surface area contributed by atoms with Crippen LogP contribution >= 0.6 is 0 Å². The van der Waals surface area contributed by atoms with E-state index in [0.29, 0.717) is 37.0 Å². The molecule has 0 radical (unpaired) electrons. The highest BCUT2D eigenvalue weighted by Crippen LogP contribution is 2.35. The summed E-state index contributed by atoms with van der Waals surface area (Å²) >= 11 is 0. The van der Waals surface area contributed by atoms with E-state index in [-0.39, 0.29) is 18.9 Å². The van der Waals surface area contributed by atoms with E-state index in [1.165, 1.54) is 11.0 Å². The Morgan fingerprint density at radius 3 is 2.95 bits per heavy atom. The van der Waals surface area contributed by atoms with Crippen molar-refractivity contribution in [2.75, 3.05) is 31.1 Å². The first-order valence-electron chi connectivity index (χ1n) is 12.4. The highest BCUT2D eigenvalue weighted by atomic mass is 16.5. The lowest BCUT2D eigenvalue weighted by Gasteiger charge is -2.38. The fourth-order valence-corrected chi connectivity index (χ4v) is 4.69. The zero-order valence-electron chi connectivity index (χ0n) is 20.5. The lowest BCUT2D eigenvalue weighted by molar-refractivity contribution is -0.125. The number of carbonyl (C=O) groups is 1. The molecular formula is C23H26N12O3. The average molecular weight is 519 g/mol. The largest absolute Gasteiger partial charge is 0.486 e. The van der Waals surface area contributed by atoms with Crippen LogP contribution < -0.4 is 9.64 Å². The number of hydrogen-bond acceptors (Lipinski definition) is 12. The highest BCUT2D eigenvalue weighted by molar-refractivity contribution is 5.50. The third-order valence-corrected chi connectivity index (χ3v) is 6.57. The maximum Gasteiger partial charge on any atom is 0.209 e. The first-order chi connectivity index (χ1) is 18.8. The lowest BCUT2D eigenvalue weighted by Crippen LogP contribution is -2.41. The molecule has 2 saturated heterocycles. The van der Waals surface area contributed by atoms with Gasteiger partial charge in [0.15, 0.2) is 5.82 Å². The standard InChI is InChI=1S/C23H26N12O3/c36-16-32-7-8-37-20(12-32)19-11-24-14-26-23(19)33-6-2-1-3-22(33)35-28-9-17(29-35)13-38-18-4-5-21(25-10-18)34-15-27-30-31-34/h4-5,9-11,14-16,20,22H,1-3,6-8,12-13H2. The Morgan fingerprint density at radius 1 is 1.13 bits per heavy atom. The van der Waals surface area contributed by atoms with E-state index in [1.807, 2.05) is 0 Å². The number of piperidine rings is 1. The SMILES string of the molecule is O=CN1CCOC(c2cncnc2N2CCCCC2n2ncc(COc3ccc(-n4cnnn4)nc3)n2)C1. The number of rotatable bonds is 8. The van der Waals surface area contributed by atoms with Crippen LogP contribution in [0.2, 0.25) is 0 Å². The van der Waals surface area contributed by atoms with Crippen molar-refractivity contribution in [1.29, 1.82) is 0 Å². The predicted molar refractivity (Wildman–Crippen MR) is 130 cm³/mol. The Morgan fingerprint density at radius 2 is 2.11 bits per heavy atom. The smallest absolute Gasteiger partial charge is 0.209 e. The molecule has 4 aromatic rings. The van der Waals surface area contributed by atoms with Gasteiger partial charge in [0.1, 0.15) is 48.8 Å². The Bertz CT molecular complexity index is 1350. The van der Waals surface area contributed by atoms with Gasteiger partial charge < -0.3 is 19.3 Å². The minimum atomic E-state index is -0.289. The van der Waals surface area contributed by atoms with Crippen molar-refractivity contribution in [1.82, 2.24) is 55.1 Å². The molecule has 2 aliphatic rings. The molecular weight excluding hydrogens is 492 g/mol. The van der Waals surface area contributed by atoms with Crippen LogP contribution in [0, 0.1) is 0 Å². The summed E-state index contributed by atoms with van der Waals surface area (Å²) in [5.41, 5.74) is 1.56. The summed E-state index contributed by atoms with van der Waals surface area (Å²) < 4.78 is 13.3. The van der Waals surface area contributed by atoms with Crippen molar-refractivity contribution >= 4 is 12.2 Å². The molecule has 0 bridgehead atoms. The molecule has 38 heavy (non-hydrogen) atoms. The third kappa shape index (κ3) is 5.00. The quantitative estimate of drug-likeness (QED) is 0.302. The fourth-order valence-electron chi connectivity index (χ4n) is 4.69. The number of pyridine rings is 1. The normalized spacial score (nSPS) is 19.9. The Kier molecular flexibility index (Phi) is 6.80. The van der Waals surface area contributed by atoms with Crippen molar-refractivity contribution in [3.05, 3.63) is 54.6 Å². The summed E-state index contributed by atoms with van der Waals surface area (Å²) in [5, 5.41) is 20.3. The maximum atomic E-state index is 11.4. The first kappa shape index (κ1) is 23.8. The van der Waals surface area contributed by atoms with Gasteiger partial charge in [0, 0.05) is 24.8 Å². The number of amides is 1. The van der Waals surface area contributed by atoms with Gasteiger partial charge in [-0.15, -0.1) is 5.10 Å². The average Bonchev–Trinajstić information content (AvgIpc) is 3.70. The van der Waals surface area contributed by atoms with Crippen LogP contribution in [0.4, 0.5) is 5.82 Å². The lowest BCUT2D eigenvalue weighted by atomic mass is 10.1. The maximum absolute atomic E-state index is 11.4. The van der Waals surface area contributed by atoms with Gasteiger partial charge in [-0.1, -0.05) is 0 Å². The van der Waals surface area contributed by atoms with Crippen LogP contribution in [-0.4, -0.2) is 87.7 Å². The molecule has 2 aliphatic heterocycles. The van der Waals surface area contributed by atoms with E-state index in [0.717, 1.165) is 43.6 Å². The second-order valence-electron chi connectivity index (χ2n) is 8.98. The number of morpholine rings is 1. The van der Waals surface area contributed by atoms with Crippen molar-refractivity contribution in [2.45, 2.75) is 38.1 Å². The summed E-state index contributed by atoms with van der Waals surface area (Å²) in [7, 11) is 0. The van der Waals surface area contributed by atoms with Gasteiger partial charge in [0.25, 0.3) is 0 Å². The summed E-state index contributed by atoms with van der Waals surface area (Å²) in [4.78, 5) is 30.2. The van der Waals surface area contributed by atoms with Crippen molar-refractivity contribution < 1.29 is 14.3 Å². The number of aromatic nitrogens is 10. The molecule has 2 atom stereocenters. The van der Waals surface area contributed by atoms with Gasteiger partial charge in [-0.2, -0.15) is 19.7 Å². The molecule has 15 heteroatoms. The molecule has 6 heterocycles. The van der Waals surface area contributed by atoms with E-state index < -0.39 is 0 Å². The molecule has 2 unspecified atom stereocenters. The van der Waals surface area contributed by atoms with Gasteiger partial charge >= 0.3 is 0 Å². The molecule has 4 aromatic heterocycles. The van der Waals surface area contributed by atoms with Crippen LogP contribution in [0.5, 0.6) is 5.75 Å². The summed E-state index contributed by atoms with van der Waals surface area (Å²) in [6.07, 6.45) is 11.5. The molecule has 2 fully saturated rings. The Labute approximate surface area is 217 Å². The van der Waals surface area contributed by atoms with Crippen LogP contribution in [0.15, 0.2) is 43.4 Å². The molecule has 15 nitrogen and oxygen atoms in total. The molecule has 0 aromatic carbocycles. The van der Waals surface area contributed by atoms with Crippen LogP contribution in [0.25, 0.3) is 5.82 Å². The van der Waals surface area contributed by atoms with E-state index in [1.54, 1.807) is 46.7 Å². The molecule has 0 aliphatic carbocycles. The number of hydrogen-bond donors (Lipinski definition) is 0. The zero-order chi connectivity index (χ0) is 25.7. The monoisotopic (exact) mass is 518 g/mol. The molecule has 0 saturated carbocycles. The zero-order valence-corrected chi connectivity index (χ0v) is 20.5. The van der Waals surface area contributed by atoms with E-state index >= 15 is 0 Å². The molecule has 6 rings (SSSR count). The van der Waals surface area contributed by atoms with Gasteiger partial charge in [0.2, 0.25) is 6.41 Å². The predicted octanol–water partition coefficient (Wildman–Crippen LogP) is 0.737. The summed E-state index contributed by atoms with van der Waals surface area (Å²) in [6.45, 7) is 2.56. The van der Waals surface area contributed by atoms with Crippen molar-refractivity contribution in [2.24, 2.45) is 0 Å². The second-order valence-corrected chi connectivity index (χ2v) is 8.98. The first-order valence-corrected chi connectivity index (χ1v) is 12.4. The Hall–Kier alpha value is -4.53. The van der Waals surface area contributed by atoms with Gasteiger partial charge in [-0.3, -0.25) is 4.79 Å². The number of nitrogens with zero attached hydrogens (tertiary/aromatic N) is 12. The summed E-state index contributed by atoms with van der Waals surface area (Å²) in [6, 6.07) is 3.57. The molecule has 0 N–H and O–H groups in total. The topological polar surface area (TPSA) is 155 Å². The molecule has 1 amide bonds. The van der Waals surface area contributed by atoms with Crippen LogP contribution in [0.3, 0.4) is 0 Å². The number of ether oxygens (including phenoxy) is 2. The van der Waals surface area contributed by atoms with Crippen LogP contribution in [-0.2, 0) is 16.1 Å². The molecule has 196 valence electrons. The number of tetrazole rings is 1. The number of anilines is 1. The van der Waals surface area contributed by atoms with E-state index in [9.17, 15) is 4.79 Å². The van der Waals surface area contributed by atoms with Gasteiger partial charge in [-0.05, 0) is 41.8 Å². The third-order valence-electron chi connectivity index (χ3n) is 6.57. The van der Waals surface area contributed by atoms with Gasteiger partial charge in [0.05, 0.1) is 25.5 Å². The van der Waals surface area contributed by atoms with Gasteiger partial charge in [-0.25, -0.2) is 15.0 Å². The minimum absolute atomic E-state index is 0.117. The van der Waals surface area contributed by atoms with E-state index in [4.69, 9.17) is 14.6 Å². The fraction of sp³-hybridized carbons (Fsp3) is 0.435. The second kappa shape index (κ2) is 10.8. The highest BCUT2D eigenvalue weighted by Gasteiger charge is 2.32. The number of carbonyl (C=O) groups excluding carboxylic acids is 1. The van der Waals surface area contributed by atoms with Crippen molar-refractivity contribution in [3.63, 3.8) is 0 Å². The Balaban J connectivity index is 1.16. The van der Waals surface area contributed by atoms with Crippen molar-refractivity contribution in [3.8, 4) is 11.6 Å². The van der Waals surface area contributed by atoms with Crippen LogP contribution in [0.1, 0.15) is 42.8 Å². The summed E-state index contributed by atoms with van der Waals surface area (Å²) in [5.74, 6) is 1.97.